The van der Waals surface area contributed by atoms with Gasteiger partial charge in [-0.2, -0.15) is 4.98 Å². The molecule has 0 aliphatic carbocycles. The van der Waals surface area contributed by atoms with Gasteiger partial charge >= 0.3 is 0 Å². The Morgan fingerprint density at radius 2 is 1.83 bits per heavy atom. The SMILES string of the molecule is Cc1ccc(C(=O)N/C(N)=C/C(=N)C(C)(C)C)cc1Nc1ncnc2c(N)nc(N3CCN(CC(C)C)CC3)nc12. The van der Waals surface area contributed by atoms with Crippen LogP contribution in [0.4, 0.5) is 23.3 Å². The van der Waals surface area contributed by atoms with E-state index in [0.717, 1.165) is 38.3 Å². The molecule has 0 saturated carbocycles. The normalized spacial score (nSPS) is 14.9. The zero-order valence-corrected chi connectivity index (χ0v) is 24.7. The number of carbonyl (C=O) groups is 1. The van der Waals surface area contributed by atoms with Crippen molar-refractivity contribution in [3.8, 4) is 0 Å². The Labute approximate surface area is 241 Å². The van der Waals surface area contributed by atoms with Crippen LogP contribution >= 0.6 is 0 Å². The second-order valence-electron chi connectivity index (χ2n) is 11.9. The summed E-state index contributed by atoms with van der Waals surface area (Å²) in [7, 11) is 0. The van der Waals surface area contributed by atoms with Crippen molar-refractivity contribution in [2.45, 2.75) is 41.5 Å². The molecular weight excluding hydrogens is 518 g/mol. The fourth-order valence-corrected chi connectivity index (χ4v) is 4.47. The minimum Gasteiger partial charge on any atom is -0.385 e. The molecular formula is C29H41N11O. The van der Waals surface area contributed by atoms with Crippen molar-refractivity contribution in [3.05, 3.63) is 47.6 Å². The van der Waals surface area contributed by atoms with Crippen LogP contribution in [0.25, 0.3) is 11.0 Å². The third kappa shape index (κ3) is 7.26. The first-order valence-corrected chi connectivity index (χ1v) is 13.8. The van der Waals surface area contributed by atoms with Gasteiger partial charge in [0.15, 0.2) is 11.6 Å². The number of carbonyl (C=O) groups excluding carboxylic acids is 1. The lowest BCUT2D eigenvalue weighted by atomic mass is 9.90. The molecule has 1 amide bonds. The minimum absolute atomic E-state index is 0.108. The standard InChI is InChI=1S/C29H41N11O/c1-17(2)15-39-9-11-40(12-10-39)28-37-24-23(25(32)38-28)33-16-34-26(24)35-20-13-19(8-7-18(20)3)27(41)36-22(31)14-21(30)29(4,5)6/h7-8,13-14,16-17,30H,9-12,15,31H2,1-6H3,(H,36,41)(H2,32,37,38)(H,33,34,35)/b22-14+,30-21?. The van der Waals surface area contributed by atoms with E-state index in [1.165, 1.54) is 12.4 Å². The highest BCUT2D eigenvalue weighted by Gasteiger charge is 2.22. The molecule has 12 nitrogen and oxygen atoms in total. The molecule has 0 atom stereocenters. The number of anilines is 4. The number of fused-ring (bicyclic) bond motifs is 1. The lowest BCUT2D eigenvalue weighted by Gasteiger charge is -2.35. The van der Waals surface area contributed by atoms with Crippen molar-refractivity contribution in [2.75, 3.05) is 48.7 Å². The molecule has 0 unspecified atom stereocenters. The van der Waals surface area contributed by atoms with Crippen LogP contribution < -0.4 is 27.0 Å². The molecule has 0 spiro atoms. The Hall–Kier alpha value is -4.32. The number of hydrogen-bond donors (Lipinski definition) is 5. The maximum atomic E-state index is 13.0. The van der Waals surface area contributed by atoms with Crippen molar-refractivity contribution in [1.82, 2.24) is 30.2 Å². The summed E-state index contributed by atoms with van der Waals surface area (Å²) in [6.07, 6.45) is 2.88. The van der Waals surface area contributed by atoms with Gasteiger partial charge in [-0.3, -0.25) is 9.69 Å². The van der Waals surface area contributed by atoms with E-state index in [4.69, 9.17) is 21.9 Å². The summed E-state index contributed by atoms with van der Waals surface area (Å²) in [5.74, 6) is 1.63. The first-order valence-electron chi connectivity index (χ1n) is 13.8. The lowest BCUT2D eigenvalue weighted by Crippen LogP contribution is -2.48. The third-order valence-corrected chi connectivity index (χ3v) is 6.89. The van der Waals surface area contributed by atoms with Gasteiger partial charge in [-0.1, -0.05) is 40.7 Å². The summed E-state index contributed by atoms with van der Waals surface area (Å²) < 4.78 is 0. The van der Waals surface area contributed by atoms with Crippen molar-refractivity contribution < 1.29 is 4.79 Å². The van der Waals surface area contributed by atoms with E-state index in [2.05, 4.69) is 49.2 Å². The second kappa shape index (κ2) is 12.0. The number of piperazine rings is 1. The van der Waals surface area contributed by atoms with Crippen LogP contribution in [0.2, 0.25) is 0 Å². The van der Waals surface area contributed by atoms with Gasteiger partial charge in [0.25, 0.3) is 5.91 Å². The van der Waals surface area contributed by atoms with E-state index < -0.39 is 0 Å². The number of amides is 1. The summed E-state index contributed by atoms with van der Waals surface area (Å²) >= 11 is 0. The number of nitrogen functional groups attached to an aromatic ring is 1. The molecule has 218 valence electrons. The maximum Gasteiger partial charge on any atom is 0.256 e. The van der Waals surface area contributed by atoms with Gasteiger partial charge in [0.1, 0.15) is 23.2 Å². The number of hydrogen-bond acceptors (Lipinski definition) is 11. The largest absolute Gasteiger partial charge is 0.385 e. The molecule has 2 aromatic heterocycles. The molecule has 4 rings (SSSR count). The zero-order valence-electron chi connectivity index (χ0n) is 24.7. The minimum atomic E-state index is -0.387. The van der Waals surface area contributed by atoms with Crippen molar-refractivity contribution >= 4 is 45.9 Å². The molecule has 1 saturated heterocycles. The molecule has 41 heavy (non-hydrogen) atoms. The van der Waals surface area contributed by atoms with Crippen LogP contribution in [0.15, 0.2) is 36.4 Å². The molecule has 1 aromatic carbocycles. The number of rotatable bonds is 8. The first-order chi connectivity index (χ1) is 19.3. The van der Waals surface area contributed by atoms with E-state index in [1.54, 1.807) is 12.1 Å². The number of aromatic nitrogens is 4. The summed E-state index contributed by atoms with van der Waals surface area (Å²) in [6.45, 7) is 16.6. The molecule has 3 heterocycles. The van der Waals surface area contributed by atoms with E-state index in [0.29, 0.717) is 45.7 Å². The average Bonchev–Trinajstić information content (AvgIpc) is 2.89. The highest BCUT2D eigenvalue weighted by Crippen LogP contribution is 2.28. The topological polar surface area (TPSA) is 175 Å². The monoisotopic (exact) mass is 559 g/mol. The van der Waals surface area contributed by atoms with Crippen LogP contribution in [0, 0.1) is 23.7 Å². The average molecular weight is 560 g/mol. The Bertz CT molecular complexity index is 1470. The lowest BCUT2D eigenvalue weighted by molar-refractivity contribution is 0.0965. The van der Waals surface area contributed by atoms with E-state index >= 15 is 0 Å². The number of nitrogens with two attached hydrogens (primary N) is 2. The van der Waals surface area contributed by atoms with Gasteiger partial charge in [0, 0.05) is 55.1 Å². The number of nitrogens with zero attached hydrogens (tertiary/aromatic N) is 6. The van der Waals surface area contributed by atoms with Crippen LogP contribution in [0.3, 0.4) is 0 Å². The molecule has 1 aliphatic heterocycles. The predicted molar refractivity (Wildman–Crippen MR) is 164 cm³/mol. The fourth-order valence-electron chi connectivity index (χ4n) is 4.47. The number of allylic oxidation sites excluding steroid dienone is 1. The Kier molecular flexibility index (Phi) is 8.72. The van der Waals surface area contributed by atoms with Crippen molar-refractivity contribution in [1.29, 1.82) is 5.41 Å². The summed E-state index contributed by atoms with van der Waals surface area (Å²) in [6, 6.07) is 5.27. The highest BCUT2D eigenvalue weighted by atomic mass is 16.1. The quantitative estimate of drug-likeness (QED) is 0.257. The van der Waals surface area contributed by atoms with Gasteiger partial charge in [0.05, 0.1) is 0 Å². The van der Waals surface area contributed by atoms with Crippen molar-refractivity contribution in [3.63, 3.8) is 0 Å². The highest BCUT2D eigenvalue weighted by molar-refractivity contribution is 6.00. The number of aryl methyl sites for hydroxylation is 1. The second-order valence-corrected chi connectivity index (χ2v) is 11.9. The third-order valence-electron chi connectivity index (χ3n) is 6.89. The molecule has 12 heteroatoms. The molecule has 3 aromatic rings. The van der Waals surface area contributed by atoms with Crippen LogP contribution in [0.1, 0.15) is 50.5 Å². The molecule has 0 radical (unpaired) electrons. The molecule has 7 N–H and O–H groups in total. The van der Waals surface area contributed by atoms with Gasteiger partial charge in [-0.05, 0) is 36.6 Å². The van der Waals surface area contributed by atoms with E-state index in [9.17, 15) is 4.79 Å². The first kappa shape index (κ1) is 29.7. The fraction of sp³-hybridized carbons (Fsp3) is 0.448. The van der Waals surface area contributed by atoms with Gasteiger partial charge in [0.2, 0.25) is 5.95 Å². The predicted octanol–water partition coefficient (Wildman–Crippen LogP) is 3.43. The number of nitrogens with one attached hydrogen (secondary N) is 3. The Morgan fingerprint density at radius 1 is 1.12 bits per heavy atom. The smallest absolute Gasteiger partial charge is 0.256 e. The summed E-state index contributed by atoms with van der Waals surface area (Å²) in [5.41, 5.74) is 15.2. The van der Waals surface area contributed by atoms with Crippen LogP contribution in [-0.4, -0.2) is 69.2 Å². The number of benzene rings is 1. The summed E-state index contributed by atoms with van der Waals surface area (Å²) in [4.78, 5) is 35.7. The Balaban J connectivity index is 1.57. The van der Waals surface area contributed by atoms with Crippen molar-refractivity contribution in [2.24, 2.45) is 17.1 Å². The molecule has 1 aliphatic rings. The van der Waals surface area contributed by atoms with E-state index in [-0.39, 0.29) is 23.0 Å². The molecule has 0 bridgehead atoms. The van der Waals surface area contributed by atoms with Crippen LogP contribution in [0.5, 0.6) is 0 Å². The van der Waals surface area contributed by atoms with Gasteiger partial charge in [-0.25, -0.2) is 15.0 Å². The van der Waals surface area contributed by atoms with E-state index in [1.807, 2.05) is 33.8 Å². The van der Waals surface area contributed by atoms with Gasteiger partial charge < -0.3 is 32.4 Å². The van der Waals surface area contributed by atoms with Crippen LogP contribution in [-0.2, 0) is 0 Å². The zero-order chi connectivity index (χ0) is 29.9. The summed E-state index contributed by atoms with van der Waals surface area (Å²) in [5, 5.41) is 14.1. The van der Waals surface area contributed by atoms with Gasteiger partial charge in [-0.15, -0.1) is 0 Å². The maximum absolute atomic E-state index is 13.0. The Morgan fingerprint density at radius 3 is 2.49 bits per heavy atom. The molecule has 1 fully saturated rings.